The molecule has 0 aromatic carbocycles. The van der Waals surface area contributed by atoms with Gasteiger partial charge in [0.1, 0.15) is 5.78 Å². The second-order valence-corrected chi connectivity index (χ2v) is 2.46. The first-order chi connectivity index (χ1) is 3.84. The molecular formula is C7H12O. The van der Waals surface area contributed by atoms with E-state index in [0.29, 0.717) is 11.7 Å². The first-order valence-corrected chi connectivity index (χ1v) is 3.37. The molecule has 1 heteroatoms. The van der Waals surface area contributed by atoms with E-state index in [2.05, 4.69) is 6.92 Å². The topological polar surface area (TPSA) is 17.1 Å². The first kappa shape index (κ1) is 5.80. The van der Waals surface area contributed by atoms with Crippen LogP contribution in [0, 0.1) is 5.92 Å². The van der Waals surface area contributed by atoms with Gasteiger partial charge in [-0.15, -0.1) is 0 Å². The van der Waals surface area contributed by atoms with Gasteiger partial charge < -0.3 is 0 Å². The van der Waals surface area contributed by atoms with E-state index in [9.17, 15) is 4.79 Å². The van der Waals surface area contributed by atoms with Crippen LogP contribution in [0.15, 0.2) is 0 Å². The molecule has 1 fully saturated rings. The lowest BCUT2D eigenvalue weighted by Gasteiger charge is -1.98. The van der Waals surface area contributed by atoms with Gasteiger partial charge in [-0.1, -0.05) is 6.92 Å². The van der Waals surface area contributed by atoms with Crippen molar-refractivity contribution in [3.8, 4) is 0 Å². The third-order valence-corrected chi connectivity index (χ3v) is 1.92. The zero-order valence-corrected chi connectivity index (χ0v) is 5.31. The van der Waals surface area contributed by atoms with Gasteiger partial charge in [0.05, 0.1) is 0 Å². The molecule has 0 amide bonds. The summed E-state index contributed by atoms with van der Waals surface area (Å²) in [5, 5.41) is 0. The summed E-state index contributed by atoms with van der Waals surface area (Å²) in [6.45, 7) is 2.09. The van der Waals surface area contributed by atoms with Crippen LogP contribution in [-0.4, -0.2) is 5.78 Å². The van der Waals surface area contributed by atoms with Crippen LogP contribution < -0.4 is 0 Å². The fourth-order valence-corrected chi connectivity index (χ4v) is 1.32. The third-order valence-electron chi connectivity index (χ3n) is 1.92. The average Bonchev–Trinajstić information content (AvgIpc) is 2.14. The van der Waals surface area contributed by atoms with Gasteiger partial charge in [-0.05, 0) is 19.3 Å². The minimum absolute atomic E-state index is 0.426. The summed E-state index contributed by atoms with van der Waals surface area (Å²) in [7, 11) is 0. The lowest BCUT2D eigenvalue weighted by atomic mass is 10.1. The van der Waals surface area contributed by atoms with Crippen molar-refractivity contribution in [1.29, 1.82) is 0 Å². The Hall–Kier alpha value is -0.330. The maximum absolute atomic E-state index is 10.8. The smallest absolute Gasteiger partial charge is 0.135 e. The van der Waals surface area contributed by atoms with Crippen molar-refractivity contribution in [2.24, 2.45) is 5.92 Å². The fraction of sp³-hybridized carbons (Fsp3) is 0.857. The molecule has 0 aromatic rings. The minimum atomic E-state index is 0.426. The second kappa shape index (κ2) is 2.29. The van der Waals surface area contributed by atoms with Crippen LogP contribution >= 0.6 is 0 Å². The molecule has 1 nitrogen and oxygen atoms in total. The monoisotopic (exact) mass is 112 g/mol. The molecule has 1 atom stereocenters. The summed E-state index contributed by atoms with van der Waals surface area (Å²) >= 11 is 0. The second-order valence-electron chi connectivity index (χ2n) is 2.46. The Labute approximate surface area is 50.1 Å². The lowest BCUT2D eigenvalue weighted by Crippen LogP contribution is -2.03. The van der Waals surface area contributed by atoms with E-state index in [0.717, 1.165) is 25.7 Å². The zero-order valence-electron chi connectivity index (χ0n) is 5.31. The van der Waals surface area contributed by atoms with Gasteiger partial charge in [0.25, 0.3) is 0 Å². The molecule has 0 aliphatic heterocycles. The molecule has 0 spiro atoms. The van der Waals surface area contributed by atoms with Crippen molar-refractivity contribution >= 4 is 5.78 Å². The molecule has 1 aliphatic rings. The van der Waals surface area contributed by atoms with Crippen LogP contribution in [-0.2, 0) is 4.79 Å². The number of ketones is 1. The Morgan fingerprint density at radius 2 is 2.50 bits per heavy atom. The van der Waals surface area contributed by atoms with Gasteiger partial charge in [0.2, 0.25) is 0 Å². The van der Waals surface area contributed by atoms with Crippen LogP contribution in [0.3, 0.4) is 0 Å². The Morgan fingerprint density at radius 1 is 1.75 bits per heavy atom. The standard InChI is InChI=1S/C7H12O/c1-2-6-4-3-5-7(6)8/h6H,2-5H2,1H3. The van der Waals surface area contributed by atoms with Crippen molar-refractivity contribution in [2.45, 2.75) is 32.6 Å². The molecule has 46 valence electrons. The maximum atomic E-state index is 10.8. The predicted molar refractivity (Wildman–Crippen MR) is 32.6 cm³/mol. The van der Waals surface area contributed by atoms with Crippen molar-refractivity contribution in [1.82, 2.24) is 0 Å². The number of hydrogen-bond acceptors (Lipinski definition) is 1. The number of carbonyl (C=O) groups excluding carboxylic acids is 1. The van der Waals surface area contributed by atoms with Crippen molar-refractivity contribution in [2.75, 3.05) is 0 Å². The molecule has 1 saturated carbocycles. The minimum Gasteiger partial charge on any atom is -0.299 e. The molecule has 1 aliphatic carbocycles. The van der Waals surface area contributed by atoms with Crippen LogP contribution in [0.1, 0.15) is 32.6 Å². The highest BCUT2D eigenvalue weighted by Gasteiger charge is 2.21. The Morgan fingerprint density at radius 3 is 2.75 bits per heavy atom. The molecule has 0 bridgehead atoms. The van der Waals surface area contributed by atoms with E-state index >= 15 is 0 Å². The summed E-state index contributed by atoms with van der Waals surface area (Å²) in [5.41, 5.74) is 0. The number of carbonyl (C=O) groups is 1. The van der Waals surface area contributed by atoms with E-state index in [1.54, 1.807) is 0 Å². The van der Waals surface area contributed by atoms with Crippen LogP contribution in [0.4, 0.5) is 0 Å². The van der Waals surface area contributed by atoms with Crippen LogP contribution in [0.25, 0.3) is 0 Å². The SMILES string of the molecule is CCC1CCCC1=O. The zero-order chi connectivity index (χ0) is 5.98. The van der Waals surface area contributed by atoms with E-state index in [1.807, 2.05) is 0 Å². The molecule has 0 saturated heterocycles. The maximum Gasteiger partial charge on any atom is 0.135 e. The van der Waals surface area contributed by atoms with E-state index < -0.39 is 0 Å². The summed E-state index contributed by atoms with van der Waals surface area (Å²) in [6.07, 6.45) is 4.18. The van der Waals surface area contributed by atoms with Crippen LogP contribution in [0.2, 0.25) is 0 Å². The fourth-order valence-electron chi connectivity index (χ4n) is 1.32. The highest BCUT2D eigenvalue weighted by atomic mass is 16.1. The summed E-state index contributed by atoms with van der Waals surface area (Å²) in [5.74, 6) is 0.919. The van der Waals surface area contributed by atoms with Crippen molar-refractivity contribution in [3.05, 3.63) is 0 Å². The molecular weight excluding hydrogens is 100 g/mol. The van der Waals surface area contributed by atoms with E-state index in [4.69, 9.17) is 0 Å². The highest BCUT2D eigenvalue weighted by Crippen LogP contribution is 2.23. The normalized spacial score (nSPS) is 29.1. The Kier molecular flexibility index (Phi) is 1.66. The predicted octanol–water partition coefficient (Wildman–Crippen LogP) is 1.77. The highest BCUT2D eigenvalue weighted by molar-refractivity contribution is 5.82. The molecule has 0 radical (unpaired) electrons. The van der Waals surface area contributed by atoms with Gasteiger partial charge in [0.15, 0.2) is 0 Å². The molecule has 8 heavy (non-hydrogen) atoms. The quantitative estimate of drug-likeness (QED) is 0.505. The van der Waals surface area contributed by atoms with Gasteiger partial charge in [-0.2, -0.15) is 0 Å². The van der Waals surface area contributed by atoms with Crippen LogP contribution in [0.5, 0.6) is 0 Å². The third kappa shape index (κ3) is 0.908. The van der Waals surface area contributed by atoms with Gasteiger partial charge >= 0.3 is 0 Å². The average molecular weight is 112 g/mol. The number of hydrogen-bond donors (Lipinski definition) is 0. The van der Waals surface area contributed by atoms with Crippen molar-refractivity contribution in [3.63, 3.8) is 0 Å². The molecule has 0 heterocycles. The van der Waals surface area contributed by atoms with E-state index in [-0.39, 0.29) is 0 Å². The first-order valence-electron chi connectivity index (χ1n) is 3.37. The molecule has 1 rings (SSSR count). The number of Topliss-reactive ketones (excluding diaryl/α,β-unsaturated/α-hetero) is 1. The Balaban J connectivity index is 2.42. The summed E-state index contributed by atoms with van der Waals surface area (Å²) < 4.78 is 0. The Bertz CT molecular complexity index is 96.6. The molecule has 1 unspecified atom stereocenters. The summed E-state index contributed by atoms with van der Waals surface area (Å²) in [4.78, 5) is 10.8. The largest absolute Gasteiger partial charge is 0.299 e. The van der Waals surface area contributed by atoms with Gasteiger partial charge in [-0.25, -0.2) is 0 Å². The molecule has 0 N–H and O–H groups in total. The van der Waals surface area contributed by atoms with Crippen molar-refractivity contribution < 1.29 is 4.79 Å². The van der Waals surface area contributed by atoms with Gasteiger partial charge in [0, 0.05) is 12.3 Å². The lowest BCUT2D eigenvalue weighted by molar-refractivity contribution is -0.120. The number of rotatable bonds is 1. The molecule has 0 aromatic heterocycles. The van der Waals surface area contributed by atoms with E-state index in [1.165, 1.54) is 0 Å². The summed E-state index contributed by atoms with van der Waals surface area (Å²) in [6, 6.07) is 0. The van der Waals surface area contributed by atoms with Gasteiger partial charge in [-0.3, -0.25) is 4.79 Å².